The molecule has 43 heavy (non-hydrogen) atoms. The summed E-state index contributed by atoms with van der Waals surface area (Å²) >= 11 is 0. The van der Waals surface area contributed by atoms with Crippen molar-refractivity contribution in [1.29, 1.82) is 0 Å². The average Bonchev–Trinajstić information content (AvgIpc) is 3.35. The Hall–Kier alpha value is -4.77. The van der Waals surface area contributed by atoms with Gasteiger partial charge in [0.2, 0.25) is 5.91 Å². The molecule has 4 aromatic rings. The number of carbonyl (C=O) groups is 2. The van der Waals surface area contributed by atoms with Crippen LogP contribution in [-0.4, -0.2) is 47.7 Å². The van der Waals surface area contributed by atoms with Crippen LogP contribution in [0.15, 0.2) is 71.6 Å². The first-order valence-corrected chi connectivity index (χ1v) is 15.2. The molecule has 1 aliphatic rings. The van der Waals surface area contributed by atoms with Gasteiger partial charge in [-0.05, 0) is 43.7 Å². The first-order chi connectivity index (χ1) is 20.7. The van der Waals surface area contributed by atoms with Crippen LogP contribution in [0.2, 0.25) is 0 Å². The second-order valence-corrected chi connectivity index (χ2v) is 11.4. The third-order valence-electron chi connectivity index (χ3n) is 7.09. The smallest absolute Gasteiger partial charge is 0.267 e. The molecular weight excluding hydrogens is 572 g/mol. The molecule has 0 fully saturated rings. The molecule has 0 aromatic heterocycles. The lowest BCUT2D eigenvalue weighted by Crippen LogP contribution is -2.32. The number of sulfonamides is 1. The largest absolute Gasteiger partial charge is 0.497 e. The van der Waals surface area contributed by atoms with Crippen molar-refractivity contribution in [1.82, 2.24) is 4.72 Å². The summed E-state index contributed by atoms with van der Waals surface area (Å²) in [6.45, 7) is 4.90. The molecule has 0 unspecified atom stereocenters. The number of nitrogens with one attached hydrogen (secondary N) is 1. The summed E-state index contributed by atoms with van der Waals surface area (Å²) in [5, 5.41) is 1.69. The number of rotatable bonds is 11. The van der Waals surface area contributed by atoms with Gasteiger partial charge in [-0.25, -0.2) is 13.1 Å². The van der Waals surface area contributed by atoms with Crippen molar-refractivity contribution in [3.05, 3.63) is 83.4 Å². The molecule has 4 aromatic carbocycles. The number of fused-ring (bicyclic) bond motifs is 2. The van der Waals surface area contributed by atoms with E-state index in [1.54, 1.807) is 35.2 Å². The summed E-state index contributed by atoms with van der Waals surface area (Å²) in [6.07, 6.45) is -0.200. The van der Waals surface area contributed by atoms with Crippen LogP contribution in [0.5, 0.6) is 23.0 Å². The number of carbonyl (C=O) groups excluding carboxylic acids is 2. The highest BCUT2D eigenvalue weighted by atomic mass is 32.2. The lowest BCUT2D eigenvalue weighted by atomic mass is 9.99. The molecule has 1 aliphatic heterocycles. The maximum absolute atomic E-state index is 13.8. The molecule has 0 saturated carbocycles. The highest BCUT2D eigenvalue weighted by molar-refractivity contribution is 7.90. The fourth-order valence-corrected chi connectivity index (χ4v) is 6.36. The van der Waals surface area contributed by atoms with Crippen molar-refractivity contribution in [2.45, 2.75) is 31.7 Å². The highest BCUT2D eigenvalue weighted by Crippen LogP contribution is 2.46. The van der Waals surface area contributed by atoms with Crippen molar-refractivity contribution < 1.29 is 37.0 Å². The second-order valence-electron chi connectivity index (χ2n) is 9.70. The Morgan fingerprint density at radius 3 is 2.16 bits per heavy atom. The Balaban J connectivity index is 1.37. The van der Waals surface area contributed by atoms with Gasteiger partial charge in [0, 0.05) is 28.1 Å². The van der Waals surface area contributed by atoms with Gasteiger partial charge in [-0.3, -0.25) is 9.59 Å². The molecule has 2 amide bonds. The minimum Gasteiger partial charge on any atom is -0.497 e. The van der Waals surface area contributed by atoms with Gasteiger partial charge in [0.1, 0.15) is 27.9 Å². The Morgan fingerprint density at radius 2 is 1.53 bits per heavy atom. The summed E-state index contributed by atoms with van der Waals surface area (Å²) in [5.74, 6) is 0.638. The molecule has 11 heteroatoms. The normalized spacial score (nSPS) is 12.7. The Morgan fingerprint density at radius 1 is 0.884 bits per heavy atom. The number of hydrogen-bond acceptors (Lipinski definition) is 8. The molecule has 10 nitrogen and oxygen atoms in total. The number of hydrogen-bond donors (Lipinski definition) is 1. The fraction of sp³-hybridized carbons (Fsp3) is 0.250. The fourth-order valence-electron chi connectivity index (χ4n) is 5.19. The van der Waals surface area contributed by atoms with Gasteiger partial charge in [-0.15, -0.1) is 0 Å². The quantitative estimate of drug-likeness (QED) is 0.258. The van der Waals surface area contributed by atoms with Gasteiger partial charge >= 0.3 is 0 Å². The molecule has 1 heterocycles. The van der Waals surface area contributed by atoms with Crippen LogP contribution in [0.1, 0.15) is 35.3 Å². The summed E-state index contributed by atoms with van der Waals surface area (Å²) < 4.78 is 50.3. The van der Waals surface area contributed by atoms with E-state index in [2.05, 4.69) is 4.72 Å². The van der Waals surface area contributed by atoms with E-state index in [-0.39, 0.29) is 29.5 Å². The number of methoxy groups -OCH3 is 2. The number of ether oxygens (including phenoxy) is 4. The molecule has 1 N–H and O–H groups in total. The summed E-state index contributed by atoms with van der Waals surface area (Å²) in [5.41, 5.74) is 2.42. The molecule has 0 spiro atoms. The van der Waals surface area contributed by atoms with Crippen LogP contribution in [0, 0.1) is 0 Å². The summed E-state index contributed by atoms with van der Waals surface area (Å²) in [4.78, 5) is 28.0. The van der Waals surface area contributed by atoms with Crippen LogP contribution >= 0.6 is 0 Å². The monoisotopic (exact) mass is 604 g/mol. The number of nitrogens with zero attached hydrogens (tertiary/aromatic N) is 1. The van der Waals surface area contributed by atoms with Crippen LogP contribution in [0.3, 0.4) is 0 Å². The van der Waals surface area contributed by atoms with Crippen LogP contribution in [-0.2, 0) is 27.8 Å². The Labute approximate surface area is 250 Å². The Bertz CT molecular complexity index is 1800. The molecule has 0 aliphatic carbocycles. The standard InChI is InChI=1S/C32H32N2O8S/c1-5-41-30-23-9-7-8-10-24(23)31(42-6-2)29-25(30)19-34(32(29)36)21-13-11-20(12-14-21)17-28(35)33-43(37,38)27-18-22(39-3)15-16-26(27)40-4/h7-16,18H,5-6,17,19H2,1-4H3,(H,33,35). The van der Waals surface area contributed by atoms with Gasteiger partial charge in [0.25, 0.3) is 15.9 Å². The van der Waals surface area contributed by atoms with Gasteiger partial charge in [0.05, 0.1) is 46.0 Å². The minimum absolute atomic E-state index is 0.0783. The molecule has 5 rings (SSSR count). The maximum Gasteiger partial charge on any atom is 0.267 e. The molecule has 0 saturated heterocycles. The van der Waals surface area contributed by atoms with Gasteiger partial charge in [0.15, 0.2) is 0 Å². The van der Waals surface area contributed by atoms with Gasteiger partial charge < -0.3 is 23.8 Å². The van der Waals surface area contributed by atoms with Crippen molar-refractivity contribution >= 4 is 38.3 Å². The maximum atomic E-state index is 13.8. The first kappa shape index (κ1) is 29.7. The van der Waals surface area contributed by atoms with Gasteiger partial charge in [-0.2, -0.15) is 0 Å². The number of benzene rings is 4. The van der Waals surface area contributed by atoms with Crippen molar-refractivity contribution in [3.63, 3.8) is 0 Å². The average molecular weight is 605 g/mol. The zero-order valence-electron chi connectivity index (χ0n) is 24.3. The third kappa shape index (κ3) is 5.68. The molecule has 0 radical (unpaired) electrons. The minimum atomic E-state index is -4.23. The molecule has 0 atom stereocenters. The van der Waals surface area contributed by atoms with Crippen molar-refractivity contribution in [2.24, 2.45) is 0 Å². The molecule has 224 valence electrons. The zero-order valence-corrected chi connectivity index (χ0v) is 25.1. The van der Waals surface area contributed by atoms with E-state index in [0.29, 0.717) is 47.3 Å². The SMILES string of the molecule is CCOc1c2c(c(OCC)c3ccccc13)C(=O)N(c1ccc(CC(=O)NS(=O)(=O)c3cc(OC)ccc3OC)cc1)C2. The highest BCUT2D eigenvalue weighted by Gasteiger charge is 2.36. The lowest BCUT2D eigenvalue weighted by Gasteiger charge is -2.16. The summed E-state index contributed by atoms with van der Waals surface area (Å²) in [7, 11) is -1.48. The Kier molecular flexibility index (Phi) is 8.45. The van der Waals surface area contributed by atoms with Crippen LogP contribution in [0.25, 0.3) is 10.8 Å². The predicted molar refractivity (Wildman–Crippen MR) is 162 cm³/mol. The van der Waals surface area contributed by atoms with E-state index in [9.17, 15) is 18.0 Å². The van der Waals surface area contributed by atoms with Crippen molar-refractivity contribution in [3.8, 4) is 23.0 Å². The van der Waals surface area contributed by atoms with E-state index in [1.807, 2.05) is 38.1 Å². The summed E-state index contributed by atoms with van der Waals surface area (Å²) in [6, 6.07) is 18.8. The predicted octanol–water partition coefficient (Wildman–Crippen LogP) is 4.86. The zero-order chi connectivity index (χ0) is 30.7. The number of anilines is 1. The first-order valence-electron chi connectivity index (χ1n) is 13.7. The van der Waals surface area contributed by atoms with E-state index >= 15 is 0 Å². The molecular formula is C32H32N2O8S. The lowest BCUT2D eigenvalue weighted by molar-refractivity contribution is -0.118. The van der Waals surface area contributed by atoms with E-state index in [4.69, 9.17) is 18.9 Å². The van der Waals surface area contributed by atoms with E-state index in [0.717, 1.165) is 16.3 Å². The van der Waals surface area contributed by atoms with Crippen LogP contribution in [0.4, 0.5) is 5.69 Å². The molecule has 0 bridgehead atoms. The van der Waals surface area contributed by atoms with E-state index < -0.39 is 15.9 Å². The topological polar surface area (TPSA) is 120 Å². The van der Waals surface area contributed by atoms with Gasteiger partial charge in [-0.1, -0.05) is 36.4 Å². The second kappa shape index (κ2) is 12.2. The van der Waals surface area contributed by atoms with E-state index in [1.165, 1.54) is 26.4 Å². The van der Waals surface area contributed by atoms with Crippen LogP contribution < -0.4 is 28.6 Å². The van der Waals surface area contributed by atoms with Crippen molar-refractivity contribution in [2.75, 3.05) is 32.3 Å². The third-order valence-corrected chi connectivity index (χ3v) is 8.49. The number of amides is 2.